The van der Waals surface area contributed by atoms with Crippen molar-refractivity contribution in [1.29, 1.82) is 0 Å². The van der Waals surface area contributed by atoms with Gasteiger partial charge in [-0.05, 0) is 31.0 Å². The summed E-state index contributed by atoms with van der Waals surface area (Å²) in [5.74, 6) is -1.49. The molecule has 4 nitrogen and oxygen atoms in total. The van der Waals surface area contributed by atoms with E-state index in [9.17, 15) is 14.3 Å². The van der Waals surface area contributed by atoms with Crippen molar-refractivity contribution in [3.8, 4) is 0 Å². The Hall–Kier alpha value is -1.62. The van der Waals surface area contributed by atoms with Gasteiger partial charge in [-0.2, -0.15) is 0 Å². The van der Waals surface area contributed by atoms with Crippen LogP contribution < -0.4 is 4.90 Å². The third kappa shape index (κ3) is 2.61. The van der Waals surface area contributed by atoms with Crippen LogP contribution in [-0.2, 0) is 4.79 Å². The molecule has 1 saturated heterocycles. The molecule has 1 unspecified atom stereocenters. The highest BCUT2D eigenvalue weighted by Gasteiger charge is 2.37. The minimum Gasteiger partial charge on any atom is -0.479 e. The second-order valence-electron chi connectivity index (χ2n) is 4.66. The number of anilines is 1. The summed E-state index contributed by atoms with van der Waals surface area (Å²) in [6.45, 7) is 1.03. The smallest absolute Gasteiger partial charge is 0.335 e. The van der Waals surface area contributed by atoms with Crippen LogP contribution in [0.25, 0.3) is 0 Å². The number of hydrogen-bond donors (Lipinski definition) is 2. The first kappa shape index (κ1) is 12.8. The number of benzene rings is 1. The summed E-state index contributed by atoms with van der Waals surface area (Å²) in [5, 5.41) is 18.9. The molecule has 0 spiro atoms. The van der Waals surface area contributed by atoms with Gasteiger partial charge in [0.1, 0.15) is 5.82 Å². The van der Waals surface area contributed by atoms with Crippen LogP contribution in [-0.4, -0.2) is 34.9 Å². The van der Waals surface area contributed by atoms with Crippen LogP contribution in [0.3, 0.4) is 0 Å². The van der Waals surface area contributed by atoms with Gasteiger partial charge in [-0.1, -0.05) is 6.07 Å². The van der Waals surface area contributed by atoms with Gasteiger partial charge < -0.3 is 15.1 Å². The van der Waals surface area contributed by atoms with Gasteiger partial charge in [0.15, 0.2) is 5.60 Å². The number of halogens is 1. The molecule has 1 heterocycles. The molecular weight excluding hydrogens is 237 g/mol. The highest BCUT2D eigenvalue weighted by molar-refractivity contribution is 5.77. The maximum absolute atomic E-state index is 13.1. The lowest BCUT2D eigenvalue weighted by molar-refractivity contribution is -0.159. The molecule has 2 N–H and O–H groups in total. The van der Waals surface area contributed by atoms with E-state index in [2.05, 4.69) is 0 Å². The molecule has 98 valence electrons. The van der Waals surface area contributed by atoms with Crippen molar-refractivity contribution in [2.24, 2.45) is 0 Å². The maximum atomic E-state index is 13.1. The van der Waals surface area contributed by atoms with Gasteiger partial charge in [0.25, 0.3) is 0 Å². The first-order chi connectivity index (χ1) is 8.51. The maximum Gasteiger partial charge on any atom is 0.335 e. The number of hydrogen-bond acceptors (Lipinski definition) is 3. The van der Waals surface area contributed by atoms with Crippen molar-refractivity contribution in [2.45, 2.75) is 24.9 Å². The number of rotatable bonds is 2. The van der Waals surface area contributed by atoms with Crippen molar-refractivity contribution >= 4 is 11.7 Å². The van der Waals surface area contributed by atoms with Gasteiger partial charge in [0.2, 0.25) is 0 Å². The van der Waals surface area contributed by atoms with Gasteiger partial charge >= 0.3 is 5.97 Å². The average Bonchev–Trinajstić information content (AvgIpc) is 2.52. The zero-order valence-electron chi connectivity index (χ0n) is 9.97. The van der Waals surface area contributed by atoms with E-state index in [0.717, 1.165) is 5.69 Å². The standard InChI is InChI=1S/C13H16FNO3/c14-10-3-1-4-11(9-10)15-7-2-5-13(18,6-8-15)12(16)17/h1,3-4,9,18H,2,5-8H2,(H,16,17). The summed E-state index contributed by atoms with van der Waals surface area (Å²) in [6, 6.07) is 6.20. The molecule has 2 rings (SSSR count). The molecular formula is C13H16FNO3. The lowest BCUT2D eigenvalue weighted by Gasteiger charge is -2.24. The zero-order valence-corrected chi connectivity index (χ0v) is 9.97. The van der Waals surface area contributed by atoms with Crippen LogP contribution in [0.1, 0.15) is 19.3 Å². The van der Waals surface area contributed by atoms with E-state index in [1.165, 1.54) is 12.1 Å². The highest BCUT2D eigenvalue weighted by atomic mass is 19.1. The van der Waals surface area contributed by atoms with Gasteiger partial charge in [0, 0.05) is 25.2 Å². The van der Waals surface area contributed by atoms with E-state index in [4.69, 9.17) is 5.11 Å². The van der Waals surface area contributed by atoms with E-state index in [-0.39, 0.29) is 18.7 Å². The fourth-order valence-electron chi connectivity index (χ4n) is 2.26. The summed E-state index contributed by atoms with van der Waals surface area (Å²) in [4.78, 5) is 12.9. The molecule has 0 saturated carbocycles. The van der Waals surface area contributed by atoms with E-state index in [1.54, 1.807) is 12.1 Å². The van der Waals surface area contributed by atoms with E-state index in [1.807, 2.05) is 4.90 Å². The molecule has 0 amide bonds. The van der Waals surface area contributed by atoms with Crippen molar-refractivity contribution in [1.82, 2.24) is 0 Å². The number of aliphatic hydroxyl groups is 1. The minimum absolute atomic E-state index is 0.152. The predicted octanol–water partition coefficient (Wildman–Crippen LogP) is 1.63. The number of carbonyl (C=O) groups is 1. The first-order valence-electron chi connectivity index (χ1n) is 5.97. The molecule has 0 bridgehead atoms. The number of carboxylic acid groups (broad SMARTS) is 1. The van der Waals surface area contributed by atoms with Crippen LogP contribution >= 0.6 is 0 Å². The van der Waals surface area contributed by atoms with Gasteiger partial charge in [-0.15, -0.1) is 0 Å². The fraction of sp³-hybridized carbons (Fsp3) is 0.462. The molecule has 0 aliphatic carbocycles. The van der Waals surface area contributed by atoms with Crippen molar-refractivity contribution in [3.63, 3.8) is 0 Å². The van der Waals surface area contributed by atoms with Crippen LogP contribution in [0.5, 0.6) is 0 Å². The third-order valence-corrected chi connectivity index (χ3v) is 3.39. The summed E-state index contributed by atoms with van der Waals surface area (Å²) in [6.07, 6.45) is 0.951. The van der Waals surface area contributed by atoms with Crippen LogP contribution in [0, 0.1) is 5.82 Å². The summed E-state index contributed by atoms with van der Waals surface area (Å²) in [7, 11) is 0. The van der Waals surface area contributed by atoms with E-state index < -0.39 is 11.6 Å². The van der Waals surface area contributed by atoms with E-state index >= 15 is 0 Å². The van der Waals surface area contributed by atoms with Gasteiger partial charge in [-0.25, -0.2) is 9.18 Å². The topological polar surface area (TPSA) is 60.8 Å². The Bertz CT molecular complexity index is 452. The Kier molecular flexibility index (Phi) is 3.52. The molecule has 0 radical (unpaired) electrons. The molecule has 1 aromatic rings. The normalized spacial score (nSPS) is 24.7. The first-order valence-corrected chi connectivity index (χ1v) is 5.97. The number of nitrogens with zero attached hydrogens (tertiary/aromatic N) is 1. The summed E-state index contributed by atoms with van der Waals surface area (Å²) in [5.41, 5.74) is -0.924. The molecule has 5 heteroatoms. The lowest BCUT2D eigenvalue weighted by atomic mass is 9.95. The summed E-state index contributed by atoms with van der Waals surface area (Å²) >= 11 is 0. The Morgan fingerprint density at radius 2 is 2.11 bits per heavy atom. The van der Waals surface area contributed by atoms with Crippen molar-refractivity contribution < 1.29 is 19.4 Å². The second-order valence-corrected chi connectivity index (χ2v) is 4.66. The quantitative estimate of drug-likeness (QED) is 0.841. The molecule has 1 fully saturated rings. The molecule has 1 aliphatic heterocycles. The zero-order chi connectivity index (χ0) is 13.2. The van der Waals surface area contributed by atoms with Gasteiger partial charge in [0.05, 0.1) is 0 Å². The Morgan fingerprint density at radius 1 is 1.33 bits per heavy atom. The minimum atomic E-state index is -1.65. The Balaban J connectivity index is 2.12. The third-order valence-electron chi connectivity index (χ3n) is 3.39. The van der Waals surface area contributed by atoms with Gasteiger partial charge in [-0.3, -0.25) is 0 Å². The SMILES string of the molecule is O=C(O)C1(O)CCCN(c2cccc(F)c2)CC1. The molecule has 18 heavy (non-hydrogen) atoms. The summed E-state index contributed by atoms with van der Waals surface area (Å²) < 4.78 is 13.1. The second kappa shape index (κ2) is 4.94. The fourth-order valence-corrected chi connectivity index (χ4v) is 2.26. The molecule has 1 atom stereocenters. The molecule has 1 aliphatic rings. The van der Waals surface area contributed by atoms with E-state index in [0.29, 0.717) is 19.5 Å². The Morgan fingerprint density at radius 3 is 2.78 bits per heavy atom. The predicted molar refractivity (Wildman–Crippen MR) is 65.0 cm³/mol. The molecule has 0 aromatic heterocycles. The highest BCUT2D eigenvalue weighted by Crippen LogP contribution is 2.26. The average molecular weight is 253 g/mol. The van der Waals surface area contributed by atoms with Crippen LogP contribution in [0.4, 0.5) is 10.1 Å². The van der Waals surface area contributed by atoms with Crippen molar-refractivity contribution in [2.75, 3.05) is 18.0 Å². The Labute approximate surface area is 105 Å². The molecule has 1 aromatic carbocycles. The largest absolute Gasteiger partial charge is 0.479 e. The van der Waals surface area contributed by atoms with Crippen LogP contribution in [0.15, 0.2) is 24.3 Å². The number of carboxylic acids is 1. The number of aliphatic carboxylic acids is 1. The monoisotopic (exact) mass is 253 g/mol. The van der Waals surface area contributed by atoms with Crippen LogP contribution in [0.2, 0.25) is 0 Å². The van der Waals surface area contributed by atoms with Crippen molar-refractivity contribution in [3.05, 3.63) is 30.1 Å². The lowest BCUT2D eigenvalue weighted by Crippen LogP contribution is -2.39.